The largest absolute Gasteiger partial charge is 0.343 e. The molecule has 0 atom stereocenters. The first-order valence-electron chi connectivity index (χ1n) is 5.90. The molecule has 0 N–H and O–H groups in total. The van der Waals surface area contributed by atoms with E-state index in [0.29, 0.717) is 12.1 Å². The van der Waals surface area contributed by atoms with Gasteiger partial charge in [-0.25, -0.2) is 4.39 Å². The number of fused-ring (bicyclic) bond motifs is 1. The van der Waals surface area contributed by atoms with Crippen molar-refractivity contribution in [2.45, 2.75) is 6.54 Å². The quantitative estimate of drug-likeness (QED) is 0.673. The normalized spacial score (nSPS) is 10.8. The Morgan fingerprint density at radius 1 is 1.21 bits per heavy atom. The average molecular weight is 254 g/mol. The molecule has 0 aliphatic rings. The zero-order valence-electron chi connectivity index (χ0n) is 10.1. The van der Waals surface area contributed by atoms with Gasteiger partial charge in [0, 0.05) is 30.0 Å². The van der Waals surface area contributed by atoms with Crippen molar-refractivity contribution >= 4 is 17.2 Å². The lowest BCUT2D eigenvalue weighted by Gasteiger charge is -2.05. The molecule has 0 fully saturated rings. The highest BCUT2D eigenvalue weighted by Crippen LogP contribution is 2.18. The van der Waals surface area contributed by atoms with Crippen LogP contribution in [-0.2, 0) is 6.54 Å². The maximum atomic E-state index is 13.1. The number of aromatic nitrogens is 2. The summed E-state index contributed by atoms with van der Waals surface area (Å²) in [5.74, 6) is -0.345. The number of hydrogen-bond donors (Lipinski definition) is 0. The van der Waals surface area contributed by atoms with E-state index in [1.807, 2.05) is 29.0 Å². The fourth-order valence-electron chi connectivity index (χ4n) is 2.15. The Bertz CT molecular complexity index is 749. The van der Waals surface area contributed by atoms with E-state index < -0.39 is 0 Å². The van der Waals surface area contributed by atoms with Crippen molar-refractivity contribution in [3.8, 4) is 0 Å². The maximum Gasteiger partial charge on any atom is 0.150 e. The molecule has 0 amide bonds. The highest BCUT2D eigenvalue weighted by molar-refractivity contribution is 5.87. The summed E-state index contributed by atoms with van der Waals surface area (Å²) in [6, 6.07) is 8.94. The number of rotatable bonds is 3. The molecule has 4 heteroatoms. The number of pyridine rings is 1. The van der Waals surface area contributed by atoms with Crippen molar-refractivity contribution in [3.05, 3.63) is 65.9 Å². The van der Waals surface area contributed by atoms with Crippen LogP contribution in [0.25, 0.3) is 10.9 Å². The van der Waals surface area contributed by atoms with Gasteiger partial charge in [0.25, 0.3) is 0 Å². The van der Waals surface area contributed by atoms with Gasteiger partial charge in [-0.05, 0) is 29.1 Å². The number of carbonyl (C=O) groups is 1. The summed E-state index contributed by atoms with van der Waals surface area (Å²) in [7, 11) is 0. The van der Waals surface area contributed by atoms with Crippen molar-refractivity contribution in [2.24, 2.45) is 0 Å². The van der Waals surface area contributed by atoms with Gasteiger partial charge in [-0.3, -0.25) is 9.78 Å². The van der Waals surface area contributed by atoms with E-state index in [2.05, 4.69) is 4.98 Å². The Morgan fingerprint density at radius 3 is 2.89 bits per heavy atom. The lowest BCUT2D eigenvalue weighted by molar-refractivity contribution is 0.112. The molecule has 0 saturated carbocycles. The van der Waals surface area contributed by atoms with Crippen LogP contribution >= 0.6 is 0 Å². The number of hydrogen-bond acceptors (Lipinski definition) is 2. The fraction of sp³-hybridized carbons (Fsp3) is 0.0667. The van der Waals surface area contributed by atoms with Gasteiger partial charge >= 0.3 is 0 Å². The van der Waals surface area contributed by atoms with Crippen LogP contribution in [0.1, 0.15) is 15.9 Å². The summed E-state index contributed by atoms with van der Waals surface area (Å²) in [6.07, 6.45) is 5.56. The third-order valence-corrected chi connectivity index (χ3v) is 3.05. The molecule has 0 aliphatic heterocycles. The fourth-order valence-corrected chi connectivity index (χ4v) is 2.15. The van der Waals surface area contributed by atoms with E-state index in [4.69, 9.17) is 0 Å². The zero-order chi connectivity index (χ0) is 13.2. The Kier molecular flexibility index (Phi) is 2.83. The van der Waals surface area contributed by atoms with E-state index in [0.717, 1.165) is 22.8 Å². The lowest BCUT2D eigenvalue weighted by atomic mass is 10.2. The van der Waals surface area contributed by atoms with Gasteiger partial charge in [-0.2, -0.15) is 0 Å². The van der Waals surface area contributed by atoms with Crippen molar-refractivity contribution in [2.75, 3.05) is 0 Å². The van der Waals surface area contributed by atoms with Crippen LogP contribution in [-0.4, -0.2) is 15.8 Å². The molecule has 3 rings (SSSR count). The molecule has 0 radical (unpaired) electrons. The van der Waals surface area contributed by atoms with E-state index in [1.54, 1.807) is 12.3 Å². The summed E-state index contributed by atoms with van der Waals surface area (Å²) in [4.78, 5) is 14.7. The second-order valence-corrected chi connectivity index (χ2v) is 4.39. The first kappa shape index (κ1) is 11.6. The molecule has 94 valence electrons. The van der Waals surface area contributed by atoms with Gasteiger partial charge in [-0.15, -0.1) is 0 Å². The number of carbonyl (C=O) groups excluding carboxylic acids is 1. The predicted molar refractivity (Wildman–Crippen MR) is 70.6 cm³/mol. The standard InChI is InChI=1S/C15H11FN2O/c16-14-5-12(7-17-8-14)9-18-4-3-13-2-1-11(10-19)6-15(13)18/h1-8,10H,9H2. The average Bonchev–Trinajstić information content (AvgIpc) is 2.81. The zero-order valence-corrected chi connectivity index (χ0v) is 10.1. The van der Waals surface area contributed by atoms with Crippen LogP contribution in [0.15, 0.2) is 48.9 Å². The monoisotopic (exact) mass is 254 g/mol. The lowest BCUT2D eigenvalue weighted by Crippen LogP contribution is -1.99. The van der Waals surface area contributed by atoms with Crippen molar-refractivity contribution in [1.82, 2.24) is 9.55 Å². The second kappa shape index (κ2) is 4.65. The highest BCUT2D eigenvalue weighted by atomic mass is 19.1. The van der Waals surface area contributed by atoms with Gasteiger partial charge in [0.05, 0.1) is 6.20 Å². The van der Waals surface area contributed by atoms with Crippen LogP contribution in [0.4, 0.5) is 4.39 Å². The van der Waals surface area contributed by atoms with Gasteiger partial charge in [0.1, 0.15) is 12.1 Å². The molecule has 0 spiro atoms. The summed E-state index contributed by atoms with van der Waals surface area (Å²) in [6.45, 7) is 0.524. The third kappa shape index (κ3) is 2.25. The first-order chi connectivity index (χ1) is 9.26. The van der Waals surface area contributed by atoms with Gasteiger partial charge in [0.15, 0.2) is 0 Å². The summed E-state index contributed by atoms with van der Waals surface area (Å²) >= 11 is 0. The SMILES string of the molecule is O=Cc1ccc2ccn(Cc3cncc(F)c3)c2c1. The smallest absolute Gasteiger partial charge is 0.150 e. The maximum absolute atomic E-state index is 13.1. The van der Waals surface area contributed by atoms with Crippen LogP contribution in [0, 0.1) is 5.82 Å². The molecule has 19 heavy (non-hydrogen) atoms. The van der Waals surface area contributed by atoms with Gasteiger partial charge in [-0.1, -0.05) is 12.1 Å². The molecule has 0 saturated heterocycles. The molecule has 0 aliphatic carbocycles. The minimum Gasteiger partial charge on any atom is -0.343 e. The summed E-state index contributed by atoms with van der Waals surface area (Å²) in [5.41, 5.74) is 2.37. The van der Waals surface area contributed by atoms with E-state index in [1.165, 1.54) is 12.3 Å². The molecule has 1 aromatic carbocycles. The Balaban J connectivity index is 2.03. The van der Waals surface area contributed by atoms with E-state index in [-0.39, 0.29) is 5.82 Å². The highest BCUT2D eigenvalue weighted by Gasteiger charge is 2.04. The van der Waals surface area contributed by atoms with Crippen LogP contribution in [0.3, 0.4) is 0 Å². The van der Waals surface area contributed by atoms with Gasteiger partial charge in [0.2, 0.25) is 0 Å². The summed E-state index contributed by atoms with van der Waals surface area (Å²) in [5, 5.41) is 1.05. The molecule has 0 unspecified atom stereocenters. The van der Waals surface area contributed by atoms with Crippen LogP contribution in [0.5, 0.6) is 0 Å². The number of nitrogens with zero attached hydrogens (tertiary/aromatic N) is 2. The van der Waals surface area contributed by atoms with Crippen molar-refractivity contribution < 1.29 is 9.18 Å². The second-order valence-electron chi connectivity index (χ2n) is 4.39. The minimum atomic E-state index is -0.345. The molecule has 2 aromatic heterocycles. The molecule has 0 bridgehead atoms. The Labute approximate surface area is 109 Å². The molecule has 3 nitrogen and oxygen atoms in total. The summed E-state index contributed by atoms with van der Waals surface area (Å²) < 4.78 is 15.1. The van der Waals surface area contributed by atoms with Crippen molar-refractivity contribution in [1.29, 1.82) is 0 Å². The third-order valence-electron chi connectivity index (χ3n) is 3.05. The predicted octanol–water partition coefficient (Wildman–Crippen LogP) is 3.04. The number of aldehydes is 1. The minimum absolute atomic E-state index is 0.345. The molecule has 3 aromatic rings. The number of benzene rings is 1. The molecular formula is C15H11FN2O. The number of halogens is 1. The van der Waals surface area contributed by atoms with E-state index >= 15 is 0 Å². The Morgan fingerprint density at radius 2 is 2.11 bits per heavy atom. The van der Waals surface area contributed by atoms with Crippen LogP contribution < -0.4 is 0 Å². The Hall–Kier alpha value is -2.49. The molecule has 2 heterocycles. The van der Waals surface area contributed by atoms with E-state index in [9.17, 15) is 9.18 Å². The topological polar surface area (TPSA) is 34.9 Å². The first-order valence-corrected chi connectivity index (χ1v) is 5.90. The van der Waals surface area contributed by atoms with Gasteiger partial charge < -0.3 is 4.57 Å². The molecular weight excluding hydrogens is 243 g/mol. The van der Waals surface area contributed by atoms with Crippen molar-refractivity contribution in [3.63, 3.8) is 0 Å². The van der Waals surface area contributed by atoms with Crippen LogP contribution in [0.2, 0.25) is 0 Å².